The normalized spacial score (nSPS) is 37.9. The molecule has 0 aromatic rings. The zero-order chi connectivity index (χ0) is 8.27. The van der Waals surface area contributed by atoms with Crippen molar-refractivity contribution in [1.82, 2.24) is 4.72 Å². The second kappa shape index (κ2) is 4.36. The Morgan fingerprint density at radius 2 is 2.09 bits per heavy atom. The summed E-state index contributed by atoms with van der Waals surface area (Å²) in [6.07, 6.45) is 4.13. The van der Waals surface area contributed by atoms with Crippen LogP contribution in [0.5, 0.6) is 0 Å². The summed E-state index contributed by atoms with van der Waals surface area (Å²) in [7, 11) is 0. The van der Waals surface area contributed by atoms with Gasteiger partial charge in [-0.05, 0) is 19.3 Å². The highest BCUT2D eigenvalue weighted by Crippen LogP contribution is 2.32. The van der Waals surface area contributed by atoms with Crippen LogP contribution in [0, 0.1) is 5.92 Å². The van der Waals surface area contributed by atoms with Crippen molar-refractivity contribution in [3.8, 4) is 0 Å². The van der Waals surface area contributed by atoms with E-state index in [-0.39, 0.29) is 0 Å². The molecule has 0 aromatic carbocycles. The van der Waals surface area contributed by atoms with E-state index in [4.69, 9.17) is 0 Å². The number of rotatable bonds is 3. The molecule has 66 valence electrons. The highest BCUT2D eigenvalue weighted by molar-refractivity contribution is 7.98. The first-order chi connectivity index (χ1) is 5.25. The molecule has 1 nitrogen and oxygen atoms in total. The molecule has 0 saturated carbocycles. The van der Waals surface area contributed by atoms with Gasteiger partial charge in [-0.2, -0.15) is 0 Å². The summed E-state index contributed by atoms with van der Waals surface area (Å²) < 4.78 is 3.44. The lowest BCUT2D eigenvalue weighted by atomic mass is 9.93. The Bertz CT molecular complexity index is 106. The zero-order valence-corrected chi connectivity index (χ0v) is 8.58. The van der Waals surface area contributed by atoms with Crippen LogP contribution in [0.2, 0.25) is 0 Å². The highest BCUT2D eigenvalue weighted by atomic mass is 32.2. The van der Waals surface area contributed by atoms with Crippen molar-refractivity contribution >= 4 is 11.9 Å². The molecule has 0 aromatic heterocycles. The molecule has 1 fully saturated rings. The Kier molecular flexibility index (Phi) is 3.73. The number of hydrogen-bond acceptors (Lipinski definition) is 2. The van der Waals surface area contributed by atoms with E-state index >= 15 is 0 Å². The minimum absolute atomic E-state index is 0.724. The zero-order valence-electron chi connectivity index (χ0n) is 7.76. The minimum Gasteiger partial charge on any atom is -0.261 e. The maximum absolute atomic E-state index is 3.44. The Morgan fingerprint density at radius 1 is 1.36 bits per heavy atom. The minimum atomic E-state index is 0.724. The van der Waals surface area contributed by atoms with Crippen LogP contribution in [0.25, 0.3) is 0 Å². The molecule has 1 saturated heterocycles. The van der Waals surface area contributed by atoms with E-state index < -0.39 is 0 Å². The third kappa shape index (κ3) is 2.38. The van der Waals surface area contributed by atoms with Gasteiger partial charge in [0, 0.05) is 11.3 Å². The fourth-order valence-electron chi connectivity index (χ4n) is 1.72. The van der Waals surface area contributed by atoms with Crippen LogP contribution >= 0.6 is 11.9 Å². The van der Waals surface area contributed by atoms with Gasteiger partial charge in [-0.15, -0.1) is 0 Å². The van der Waals surface area contributed by atoms with Gasteiger partial charge in [-0.25, -0.2) is 0 Å². The molecule has 1 N–H and O–H groups in total. The van der Waals surface area contributed by atoms with E-state index in [1.807, 2.05) is 11.9 Å². The lowest BCUT2D eigenvalue weighted by Crippen LogP contribution is -2.23. The van der Waals surface area contributed by atoms with Crippen molar-refractivity contribution in [2.45, 2.75) is 51.3 Å². The van der Waals surface area contributed by atoms with Crippen LogP contribution in [-0.2, 0) is 0 Å². The number of unbranched alkanes of at least 4 members (excludes halogenated alkanes) is 1. The van der Waals surface area contributed by atoms with E-state index in [0.29, 0.717) is 0 Å². The van der Waals surface area contributed by atoms with Crippen molar-refractivity contribution < 1.29 is 0 Å². The lowest BCUT2D eigenvalue weighted by Gasteiger charge is -2.16. The van der Waals surface area contributed by atoms with E-state index in [0.717, 1.165) is 17.2 Å². The van der Waals surface area contributed by atoms with Crippen molar-refractivity contribution in [3.63, 3.8) is 0 Å². The molecule has 0 bridgehead atoms. The van der Waals surface area contributed by atoms with Crippen molar-refractivity contribution in [2.75, 3.05) is 0 Å². The molecule has 0 radical (unpaired) electrons. The van der Waals surface area contributed by atoms with Gasteiger partial charge < -0.3 is 0 Å². The van der Waals surface area contributed by atoms with Crippen molar-refractivity contribution in [1.29, 1.82) is 0 Å². The smallest absolute Gasteiger partial charge is 0.0208 e. The second-order valence-electron chi connectivity index (χ2n) is 3.54. The van der Waals surface area contributed by atoms with Gasteiger partial charge in [0.05, 0.1) is 0 Å². The molecule has 3 unspecified atom stereocenters. The summed E-state index contributed by atoms with van der Waals surface area (Å²) in [5, 5.41) is 0.816. The quantitative estimate of drug-likeness (QED) is 0.659. The maximum Gasteiger partial charge on any atom is 0.0208 e. The fourth-order valence-corrected chi connectivity index (χ4v) is 2.87. The van der Waals surface area contributed by atoms with Crippen LogP contribution in [0.4, 0.5) is 0 Å². The van der Waals surface area contributed by atoms with Crippen LogP contribution in [-0.4, -0.2) is 11.3 Å². The van der Waals surface area contributed by atoms with Crippen molar-refractivity contribution in [2.24, 2.45) is 5.92 Å². The summed E-state index contributed by atoms with van der Waals surface area (Å²) in [6, 6.07) is 0.724. The van der Waals surface area contributed by atoms with Gasteiger partial charge in [0.2, 0.25) is 0 Å². The summed E-state index contributed by atoms with van der Waals surface area (Å²) in [4.78, 5) is 0. The van der Waals surface area contributed by atoms with Gasteiger partial charge in [0.1, 0.15) is 0 Å². The first kappa shape index (κ1) is 9.40. The average molecular weight is 173 g/mol. The molecule has 0 spiro atoms. The Balaban J connectivity index is 2.29. The first-order valence-corrected chi connectivity index (χ1v) is 5.54. The predicted octanol–water partition coefficient (Wildman–Crippen LogP) is 2.82. The summed E-state index contributed by atoms with van der Waals surface area (Å²) in [5.41, 5.74) is 0. The first-order valence-electron chi connectivity index (χ1n) is 4.67. The third-order valence-electron chi connectivity index (χ3n) is 2.58. The van der Waals surface area contributed by atoms with Crippen LogP contribution in [0.1, 0.15) is 40.0 Å². The van der Waals surface area contributed by atoms with Crippen LogP contribution in [0.15, 0.2) is 0 Å². The molecule has 2 heteroatoms. The van der Waals surface area contributed by atoms with Gasteiger partial charge in [-0.3, -0.25) is 4.72 Å². The molecule has 1 aliphatic heterocycles. The molecule has 1 aliphatic rings. The number of nitrogens with one attached hydrogen (secondary N) is 1. The van der Waals surface area contributed by atoms with E-state index in [1.54, 1.807) is 0 Å². The van der Waals surface area contributed by atoms with Gasteiger partial charge in [0.15, 0.2) is 0 Å². The second-order valence-corrected chi connectivity index (χ2v) is 4.75. The standard InChI is InChI=1S/C9H19NS/c1-4-5-6-9-7(2)10-11-8(9)3/h7-10H,4-6H2,1-3H3. The van der Waals surface area contributed by atoms with E-state index in [2.05, 4.69) is 25.5 Å². The lowest BCUT2D eigenvalue weighted by molar-refractivity contribution is 0.407. The Morgan fingerprint density at radius 3 is 2.55 bits per heavy atom. The van der Waals surface area contributed by atoms with E-state index in [1.165, 1.54) is 19.3 Å². The van der Waals surface area contributed by atoms with Crippen LogP contribution < -0.4 is 4.72 Å². The Labute approximate surface area is 74.5 Å². The molecule has 3 atom stereocenters. The highest BCUT2D eigenvalue weighted by Gasteiger charge is 2.29. The Hall–Kier alpha value is 0.310. The van der Waals surface area contributed by atoms with Crippen LogP contribution in [0.3, 0.4) is 0 Å². The van der Waals surface area contributed by atoms with Crippen molar-refractivity contribution in [3.05, 3.63) is 0 Å². The SMILES string of the molecule is CCCCC1C(C)NSC1C. The molecule has 0 amide bonds. The van der Waals surface area contributed by atoms with E-state index in [9.17, 15) is 0 Å². The molecular weight excluding hydrogens is 154 g/mol. The molecule has 0 aliphatic carbocycles. The molecule has 1 heterocycles. The summed E-state index contributed by atoms with van der Waals surface area (Å²) in [5.74, 6) is 0.903. The predicted molar refractivity (Wildman–Crippen MR) is 52.7 cm³/mol. The molecule has 1 rings (SSSR count). The molecular formula is C9H19NS. The largest absolute Gasteiger partial charge is 0.261 e. The average Bonchev–Trinajstić information content (AvgIpc) is 2.29. The maximum atomic E-state index is 3.44. The van der Waals surface area contributed by atoms with Gasteiger partial charge >= 0.3 is 0 Å². The topological polar surface area (TPSA) is 12.0 Å². The van der Waals surface area contributed by atoms with Gasteiger partial charge in [0.25, 0.3) is 0 Å². The van der Waals surface area contributed by atoms with Gasteiger partial charge in [-0.1, -0.05) is 38.6 Å². The number of hydrogen-bond donors (Lipinski definition) is 1. The summed E-state index contributed by atoms with van der Waals surface area (Å²) in [6.45, 7) is 6.91. The summed E-state index contributed by atoms with van der Waals surface area (Å²) >= 11 is 1.91. The fraction of sp³-hybridized carbons (Fsp3) is 1.00. The monoisotopic (exact) mass is 173 g/mol. The third-order valence-corrected chi connectivity index (χ3v) is 3.81. The molecule has 11 heavy (non-hydrogen) atoms.